The van der Waals surface area contributed by atoms with Gasteiger partial charge >= 0.3 is 0 Å². The molecule has 0 amide bonds. The number of anilines is 2. The summed E-state index contributed by atoms with van der Waals surface area (Å²) in [5.41, 5.74) is 0.609. The minimum absolute atomic E-state index is 0. The van der Waals surface area contributed by atoms with E-state index in [0.717, 1.165) is 58.4 Å². The third-order valence-electron chi connectivity index (χ3n) is 8.21. The Balaban J connectivity index is 0.000000238. The number of hydrogen-bond donors (Lipinski definition) is 2. The number of aromatic nitrogens is 2. The van der Waals surface area contributed by atoms with E-state index < -0.39 is 34.0 Å². The van der Waals surface area contributed by atoms with E-state index in [2.05, 4.69) is 47.9 Å². The number of aryl methyl sites for hydroxylation is 2. The van der Waals surface area contributed by atoms with Gasteiger partial charge in [0.05, 0.1) is 91.9 Å². The highest BCUT2D eigenvalue weighted by Gasteiger charge is 2.21. The van der Waals surface area contributed by atoms with Gasteiger partial charge in [0.1, 0.15) is 11.6 Å². The van der Waals surface area contributed by atoms with Crippen LogP contribution in [-0.4, -0.2) is 73.2 Å². The Morgan fingerprint density at radius 3 is 1.45 bits per heavy atom. The van der Waals surface area contributed by atoms with Crippen LogP contribution < -0.4 is 36.4 Å². The Bertz CT molecular complexity index is 1770. The van der Waals surface area contributed by atoms with E-state index in [-0.39, 0.29) is 46.1 Å². The molecule has 0 radical (unpaired) electrons. The molecular formula is C31H36F2I3N6O5+. The number of carbonyl (C=O) groups excluding carboxylic acids is 2. The van der Waals surface area contributed by atoms with Crippen molar-refractivity contribution in [1.82, 2.24) is 9.13 Å². The van der Waals surface area contributed by atoms with E-state index in [9.17, 15) is 33.1 Å². The highest BCUT2D eigenvalue weighted by Crippen LogP contribution is 2.26. The van der Waals surface area contributed by atoms with E-state index in [1.165, 1.54) is 30.0 Å². The molecule has 0 unspecified atom stereocenters. The molecule has 0 atom stereocenters. The van der Waals surface area contributed by atoms with Gasteiger partial charge in [0.15, 0.2) is 16.6 Å². The fourth-order valence-corrected chi connectivity index (χ4v) is 5.85. The van der Waals surface area contributed by atoms with Crippen LogP contribution in [0.2, 0.25) is 0 Å². The summed E-state index contributed by atoms with van der Waals surface area (Å²) in [4.78, 5) is 50.9. The van der Waals surface area contributed by atoms with E-state index in [4.69, 9.17) is 0 Å². The lowest BCUT2D eigenvalue weighted by Crippen LogP contribution is -2.89. The van der Waals surface area contributed by atoms with Crippen LogP contribution in [-0.2, 0) is 14.1 Å². The fraction of sp³-hybridized carbons (Fsp3) is 0.355. The lowest BCUT2D eigenvalue weighted by Gasteiger charge is -2.28. The van der Waals surface area contributed by atoms with Gasteiger partial charge in [-0.05, 0) is 31.2 Å². The van der Waals surface area contributed by atoms with Crippen molar-refractivity contribution in [2.75, 3.05) is 62.2 Å². The van der Waals surface area contributed by atoms with Crippen LogP contribution in [0.25, 0.3) is 21.8 Å². The molecule has 4 heterocycles. The van der Waals surface area contributed by atoms with Gasteiger partial charge in [-0.2, -0.15) is 0 Å². The smallest absolute Gasteiger partial charge is 0.200 e. The van der Waals surface area contributed by atoms with E-state index in [1.54, 1.807) is 30.8 Å². The van der Waals surface area contributed by atoms with Crippen molar-refractivity contribution in [3.8, 4) is 0 Å². The number of carbonyl (C=O) groups is 2. The molecule has 0 saturated carbocycles. The molecule has 16 heteroatoms. The summed E-state index contributed by atoms with van der Waals surface area (Å²) in [6, 6.07) is 5.70. The number of nitrogens with two attached hydrogens (primary N) is 2. The zero-order chi connectivity index (χ0) is 33.7. The van der Waals surface area contributed by atoms with Crippen molar-refractivity contribution in [3.05, 3.63) is 79.9 Å². The number of hydrogen-bond acceptors (Lipinski definition) is 7. The summed E-state index contributed by atoms with van der Waals surface area (Å²) in [6.07, 6.45) is 2.74. The van der Waals surface area contributed by atoms with Gasteiger partial charge in [0.2, 0.25) is 0 Å². The molecule has 2 fully saturated rings. The van der Waals surface area contributed by atoms with Gasteiger partial charge in [-0.25, -0.2) is 8.78 Å². The largest absolute Gasteiger partial charge is 0.545 e. The highest BCUT2D eigenvalue weighted by molar-refractivity contribution is 15.0. The Morgan fingerprint density at radius 1 is 0.723 bits per heavy atom. The first kappa shape index (κ1) is 39.0. The first-order valence-electron chi connectivity index (χ1n) is 14.6. The predicted molar refractivity (Wildman–Crippen MR) is 204 cm³/mol. The predicted octanol–water partition coefficient (Wildman–Crippen LogP) is 1.08. The molecule has 2 aromatic heterocycles. The van der Waals surface area contributed by atoms with E-state index in [1.807, 2.05) is 9.80 Å². The molecule has 0 aliphatic carbocycles. The quantitative estimate of drug-likeness (QED) is 0.231. The topological polar surface area (TPSA) is 141 Å². The molecule has 47 heavy (non-hydrogen) atoms. The Kier molecular flexibility index (Phi) is 14.4. The number of Topliss-reactive ketones (excluding diaryl/α,β-unsaturated/α-hetero) is 1. The maximum absolute atomic E-state index is 14.5. The van der Waals surface area contributed by atoms with Gasteiger partial charge in [0.25, 0.3) is 0 Å². The van der Waals surface area contributed by atoms with Crippen LogP contribution in [0.15, 0.2) is 46.2 Å². The number of aromatic carboxylic acids is 1. The summed E-state index contributed by atoms with van der Waals surface area (Å²) >= 11 is 4.24. The molecule has 2 aliphatic rings. The van der Waals surface area contributed by atoms with Crippen LogP contribution in [0.3, 0.4) is 0 Å². The Hall–Kier alpha value is -2.43. The molecule has 2 aliphatic heterocycles. The zero-order valence-corrected chi connectivity index (χ0v) is 32.7. The first-order chi connectivity index (χ1) is 22.0. The minimum atomic E-state index is -1.56. The number of quaternary nitrogens is 2. The molecule has 4 aromatic rings. The van der Waals surface area contributed by atoms with Crippen molar-refractivity contribution in [3.63, 3.8) is 0 Å². The summed E-state index contributed by atoms with van der Waals surface area (Å²) in [6.45, 7) is 8.00. The van der Waals surface area contributed by atoms with Gasteiger partial charge in [-0.3, -0.25) is 14.4 Å². The normalized spacial score (nSPS) is 14.4. The van der Waals surface area contributed by atoms with Crippen LogP contribution in [0.1, 0.15) is 27.6 Å². The lowest BCUT2D eigenvalue weighted by atomic mass is 10.1. The van der Waals surface area contributed by atoms with Gasteiger partial charge in [-0.1, -0.05) is 0 Å². The van der Waals surface area contributed by atoms with Gasteiger partial charge < -0.3 is 39.5 Å². The number of ketones is 1. The van der Waals surface area contributed by atoms with Crippen LogP contribution in [0.4, 0.5) is 20.2 Å². The second-order valence-electron chi connectivity index (χ2n) is 11.2. The maximum atomic E-state index is 14.5. The number of carboxylic acid groups (broad SMARTS) is 1. The Morgan fingerprint density at radius 2 is 1.09 bits per heavy atom. The van der Waals surface area contributed by atoms with Crippen LogP contribution in [0.5, 0.6) is 0 Å². The number of carboxylic acids is 1. The van der Waals surface area contributed by atoms with Gasteiger partial charge in [-0.15, -0.1) is 24.0 Å². The summed E-state index contributed by atoms with van der Waals surface area (Å²) in [7, 11) is 3.39. The third kappa shape index (κ3) is 8.60. The van der Waals surface area contributed by atoms with Crippen molar-refractivity contribution in [2.45, 2.75) is 6.92 Å². The molecule has 6 rings (SSSR count). The molecular weight excluding hydrogens is 955 g/mol. The highest BCUT2D eigenvalue weighted by atomic mass is 128. The second-order valence-corrected chi connectivity index (χ2v) is 11.2. The molecule has 11 nitrogen and oxygen atoms in total. The number of piperazine rings is 2. The molecule has 2 saturated heterocycles. The zero-order valence-electron chi connectivity index (χ0n) is 26.0. The summed E-state index contributed by atoms with van der Waals surface area (Å²) in [5, 5.41) is 15.6. The van der Waals surface area contributed by atoms with Crippen molar-refractivity contribution in [1.29, 1.82) is 0 Å². The standard InChI is InChI=1S/C16H18FN3O2.C15H16FN3O3.I2.HI/c1-10(21)12-9-19(2)14-8-15(20-5-3-18-4-6-20)13(17)7-11(14)16(12)22;1-18-8-10(15(21)22)14(20)9-6-11(16)13(7-12(9)18)19-4-2-17-3-5-19;1-2;/h7-9,18H,3-6H2,1-2H3;6-8,17H,2-5H2,1H3,(H,21,22);;1H/p+1. The van der Waals surface area contributed by atoms with Crippen molar-refractivity contribution < 1.29 is 34.1 Å². The SMILES string of the molecule is CC(=O)c1cn(C)c2cc(N3CC[NH2+]CC3)c(F)cc2c1=O.Cn1cc(C(=O)[O-])c(=O)c2cc(F)c(N3CC[NH2+]CC3)cc21.I.II. The summed E-state index contributed by atoms with van der Waals surface area (Å²) in [5.74, 6) is -2.79. The van der Waals surface area contributed by atoms with Crippen LogP contribution >= 0.6 is 61.2 Å². The second kappa shape index (κ2) is 17.3. The number of pyridine rings is 2. The summed E-state index contributed by atoms with van der Waals surface area (Å²) < 4.78 is 32.1. The third-order valence-corrected chi connectivity index (χ3v) is 8.21. The monoisotopic (exact) mass is 991 g/mol. The maximum Gasteiger partial charge on any atom is 0.200 e. The van der Waals surface area contributed by atoms with Crippen molar-refractivity contribution in [2.24, 2.45) is 14.1 Å². The molecule has 0 spiro atoms. The molecule has 254 valence electrons. The molecule has 4 N–H and O–H groups in total. The molecule has 0 bridgehead atoms. The van der Waals surface area contributed by atoms with Crippen molar-refractivity contribution >= 4 is 106 Å². The lowest BCUT2D eigenvalue weighted by molar-refractivity contribution is -0.655. The minimum Gasteiger partial charge on any atom is -0.545 e. The number of fused-ring (bicyclic) bond motifs is 2. The van der Waals surface area contributed by atoms with Gasteiger partial charge in [0, 0.05) is 74.5 Å². The van der Waals surface area contributed by atoms with E-state index in [0.29, 0.717) is 22.4 Å². The number of rotatable bonds is 4. The first-order valence-corrected chi connectivity index (χ1v) is 20.9. The fourth-order valence-electron chi connectivity index (χ4n) is 5.85. The average molecular weight is 991 g/mol. The van der Waals surface area contributed by atoms with Crippen LogP contribution in [0, 0.1) is 11.6 Å². The molecule has 2 aromatic carbocycles. The Labute approximate surface area is 310 Å². The number of nitrogens with zero attached hydrogens (tertiary/aromatic N) is 4. The van der Waals surface area contributed by atoms with E-state index >= 15 is 0 Å². The average Bonchev–Trinajstić information content (AvgIpc) is 3.06. The number of halogens is 5. The number of benzene rings is 2.